The Hall–Kier alpha value is -2.31. The predicted octanol–water partition coefficient (Wildman–Crippen LogP) is 3.94. The van der Waals surface area contributed by atoms with E-state index in [9.17, 15) is 8.42 Å². The van der Waals surface area contributed by atoms with Crippen LogP contribution in [0.3, 0.4) is 0 Å². The second-order valence-electron chi connectivity index (χ2n) is 5.33. The zero-order valence-corrected chi connectivity index (χ0v) is 14.8. The number of aryl methyl sites for hydroxylation is 1. The van der Waals surface area contributed by atoms with Crippen molar-refractivity contribution < 1.29 is 8.42 Å². The van der Waals surface area contributed by atoms with E-state index >= 15 is 0 Å². The van der Waals surface area contributed by atoms with Crippen molar-refractivity contribution in [2.75, 3.05) is 4.72 Å². The molecule has 3 aromatic rings. The molecule has 24 heavy (non-hydrogen) atoms. The number of para-hydroxylation sites is 2. The lowest BCUT2D eigenvalue weighted by atomic mass is 10.3. The van der Waals surface area contributed by atoms with Gasteiger partial charge in [-0.2, -0.15) is 5.10 Å². The highest BCUT2D eigenvalue weighted by atomic mass is 35.5. The first-order chi connectivity index (χ1) is 11.4. The first kappa shape index (κ1) is 16.5. The largest absolute Gasteiger partial charge is 0.278 e. The van der Waals surface area contributed by atoms with Crippen molar-refractivity contribution in [3.8, 4) is 5.69 Å². The summed E-state index contributed by atoms with van der Waals surface area (Å²) in [5.41, 5.74) is 2.11. The molecule has 0 saturated carbocycles. The van der Waals surface area contributed by atoms with Crippen LogP contribution in [0.1, 0.15) is 11.4 Å². The number of halogens is 1. The van der Waals surface area contributed by atoms with E-state index in [1.54, 1.807) is 42.8 Å². The number of nitrogens with zero attached hydrogens (tertiary/aromatic N) is 2. The molecule has 0 aliphatic heterocycles. The van der Waals surface area contributed by atoms with E-state index in [2.05, 4.69) is 9.82 Å². The van der Waals surface area contributed by atoms with Crippen molar-refractivity contribution in [2.45, 2.75) is 18.7 Å². The minimum Gasteiger partial charge on any atom is -0.278 e. The van der Waals surface area contributed by atoms with Crippen LogP contribution in [0.5, 0.6) is 0 Å². The van der Waals surface area contributed by atoms with Gasteiger partial charge in [0, 0.05) is 0 Å². The summed E-state index contributed by atoms with van der Waals surface area (Å²) >= 11 is 6.05. The lowest BCUT2D eigenvalue weighted by Crippen LogP contribution is -2.15. The third-order valence-corrected chi connectivity index (χ3v) is 5.56. The average molecular weight is 362 g/mol. The lowest BCUT2D eigenvalue weighted by molar-refractivity contribution is 0.600. The van der Waals surface area contributed by atoms with E-state index in [0.29, 0.717) is 22.1 Å². The van der Waals surface area contributed by atoms with Gasteiger partial charge >= 0.3 is 0 Å². The number of nitrogens with one attached hydrogen (secondary N) is 1. The number of hydrogen-bond donors (Lipinski definition) is 1. The van der Waals surface area contributed by atoms with Gasteiger partial charge in [-0.3, -0.25) is 4.72 Å². The minimum absolute atomic E-state index is 0.159. The van der Waals surface area contributed by atoms with E-state index in [4.69, 9.17) is 11.6 Å². The van der Waals surface area contributed by atoms with Gasteiger partial charge in [0.05, 0.1) is 27.8 Å². The quantitative estimate of drug-likeness (QED) is 0.765. The van der Waals surface area contributed by atoms with Crippen LogP contribution in [0.15, 0.2) is 59.5 Å². The molecule has 0 unspecified atom stereocenters. The van der Waals surface area contributed by atoms with Crippen molar-refractivity contribution >= 4 is 27.3 Å². The van der Waals surface area contributed by atoms with Crippen LogP contribution in [-0.4, -0.2) is 18.2 Å². The normalized spacial score (nSPS) is 11.5. The molecule has 0 radical (unpaired) electrons. The molecule has 0 aliphatic carbocycles. The van der Waals surface area contributed by atoms with Crippen LogP contribution >= 0.6 is 11.6 Å². The van der Waals surface area contributed by atoms with E-state index in [-0.39, 0.29) is 4.90 Å². The highest BCUT2D eigenvalue weighted by molar-refractivity contribution is 7.92. The maximum absolute atomic E-state index is 12.8. The summed E-state index contributed by atoms with van der Waals surface area (Å²) in [6.45, 7) is 3.40. The van der Waals surface area contributed by atoms with Crippen molar-refractivity contribution in [3.05, 3.63) is 71.0 Å². The van der Waals surface area contributed by atoms with Crippen molar-refractivity contribution in [1.82, 2.24) is 9.78 Å². The molecule has 0 spiro atoms. The Morgan fingerprint density at radius 3 is 2.29 bits per heavy atom. The molecule has 0 bridgehead atoms. The number of rotatable bonds is 4. The fraction of sp³-hybridized carbons (Fsp3) is 0.118. The molecular weight excluding hydrogens is 346 g/mol. The first-order valence-electron chi connectivity index (χ1n) is 7.29. The summed E-state index contributed by atoms with van der Waals surface area (Å²) in [5.74, 6) is 0. The maximum atomic E-state index is 12.8. The predicted molar refractivity (Wildman–Crippen MR) is 95.3 cm³/mol. The smallest absolute Gasteiger partial charge is 0.265 e. The van der Waals surface area contributed by atoms with Gasteiger partial charge in [-0.1, -0.05) is 41.9 Å². The Morgan fingerprint density at radius 2 is 1.62 bits per heavy atom. The zero-order chi connectivity index (χ0) is 17.3. The number of anilines is 1. The first-order valence-corrected chi connectivity index (χ1v) is 9.15. The van der Waals surface area contributed by atoms with Crippen LogP contribution in [0.2, 0.25) is 5.02 Å². The molecule has 0 fully saturated rings. The lowest BCUT2D eigenvalue weighted by Gasteiger charge is -2.10. The SMILES string of the molecule is Cc1nn(-c2ccccc2)c(C)c1S(=O)(=O)Nc1ccccc1Cl. The Kier molecular flexibility index (Phi) is 4.34. The third-order valence-electron chi connectivity index (χ3n) is 3.61. The molecular formula is C17H16ClN3O2S. The van der Waals surface area contributed by atoms with Gasteiger partial charge in [-0.05, 0) is 38.1 Å². The average Bonchev–Trinajstić information content (AvgIpc) is 2.86. The molecule has 2 aromatic carbocycles. The summed E-state index contributed by atoms with van der Waals surface area (Å²) in [4.78, 5) is 0.159. The molecule has 1 aromatic heterocycles. The zero-order valence-electron chi connectivity index (χ0n) is 13.2. The topological polar surface area (TPSA) is 64.0 Å². The van der Waals surface area contributed by atoms with E-state index in [1.807, 2.05) is 30.3 Å². The summed E-state index contributed by atoms with van der Waals surface area (Å²) in [6, 6.07) is 16.1. The molecule has 0 saturated heterocycles. The standard InChI is InChI=1S/C17H16ClN3O2S/c1-12-17(13(2)21(19-12)14-8-4-3-5-9-14)24(22,23)20-16-11-7-6-10-15(16)18/h3-11,20H,1-2H3. The van der Waals surface area contributed by atoms with Gasteiger partial charge in [-0.25, -0.2) is 13.1 Å². The van der Waals surface area contributed by atoms with Gasteiger partial charge in [0.15, 0.2) is 0 Å². The number of sulfonamides is 1. The molecule has 3 rings (SSSR count). The Balaban J connectivity index is 2.06. The van der Waals surface area contributed by atoms with E-state index in [1.165, 1.54) is 0 Å². The van der Waals surface area contributed by atoms with Gasteiger partial charge in [0.25, 0.3) is 10.0 Å². The Labute approximate surface area is 145 Å². The van der Waals surface area contributed by atoms with Gasteiger partial charge in [-0.15, -0.1) is 0 Å². The molecule has 0 atom stereocenters. The molecule has 1 heterocycles. The number of aromatic nitrogens is 2. The van der Waals surface area contributed by atoms with Gasteiger partial charge < -0.3 is 0 Å². The second-order valence-corrected chi connectivity index (χ2v) is 7.36. The minimum atomic E-state index is -3.80. The molecule has 0 aliphatic rings. The summed E-state index contributed by atoms with van der Waals surface area (Å²) in [6.07, 6.45) is 0. The molecule has 5 nitrogen and oxygen atoms in total. The molecule has 7 heteroatoms. The third kappa shape index (κ3) is 3.02. The van der Waals surface area contributed by atoms with Crippen molar-refractivity contribution in [2.24, 2.45) is 0 Å². The molecule has 1 N–H and O–H groups in total. The monoisotopic (exact) mass is 361 g/mol. The van der Waals surface area contributed by atoms with Crippen LogP contribution < -0.4 is 4.72 Å². The van der Waals surface area contributed by atoms with Crippen LogP contribution in [0.4, 0.5) is 5.69 Å². The Bertz CT molecular complexity index is 982. The molecule has 124 valence electrons. The Morgan fingerprint density at radius 1 is 1.00 bits per heavy atom. The van der Waals surface area contributed by atoms with Gasteiger partial charge in [0.1, 0.15) is 4.90 Å². The second kappa shape index (κ2) is 6.30. The van der Waals surface area contributed by atoms with Crippen LogP contribution in [-0.2, 0) is 10.0 Å². The summed E-state index contributed by atoms with van der Waals surface area (Å²) in [5, 5.41) is 4.71. The number of benzene rings is 2. The van der Waals surface area contributed by atoms with Crippen LogP contribution in [0, 0.1) is 13.8 Å². The molecule has 0 amide bonds. The van der Waals surface area contributed by atoms with Crippen molar-refractivity contribution in [1.29, 1.82) is 0 Å². The van der Waals surface area contributed by atoms with Crippen molar-refractivity contribution in [3.63, 3.8) is 0 Å². The van der Waals surface area contributed by atoms with Gasteiger partial charge in [0.2, 0.25) is 0 Å². The maximum Gasteiger partial charge on any atom is 0.265 e. The highest BCUT2D eigenvalue weighted by Gasteiger charge is 2.25. The fourth-order valence-electron chi connectivity index (χ4n) is 2.58. The fourth-order valence-corrected chi connectivity index (χ4v) is 4.29. The summed E-state index contributed by atoms with van der Waals surface area (Å²) < 4.78 is 29.8. The number of hydrogen-bond acceptors (Lipinski definition) is 3. The van der Waals surface area contributed by atoms with E-state index in [0.717, 1.165) is 5.69 Å². The van der Waals surface area contributed by atoms with E-state index < -0.39 is 10.0 Å². The summed E-state index contributed by atoms with van der Waals surface area (Å²) in [7, 11) is -3.80. The highest BCUT2D eigenvalue weighted by Crippen LogP contribution is 2.27. The van der Waals surface area contributed by atoms with Crippen LogP contribution in [0.25, 0.3) is 5.69 Å².